The van der Waals surface area contributed by atoms with E-state index in [-0.39, 0.29) is 12.4 Å². The molecular weight excluding hydrogens is 317 g/mol. The molecule has 0 fully saturated rings. The van der Waals surface area contributed by atoms with Crippen molar-refractivity contribution in [2.45, 2.75) is 19.1 Å². The smallest absolute Gasteiger partial charge is 0.150 e. The summed E-state index contributed by atoms with van der Waals surface area (Å²) in [5.74, 6) is 0.900. The number of hydrogen-bond acceptors (Lipinski definition) is 5. The van der Waals surface area contributed by atoms with E-state index in [9.17, 15) is 9.50 Å². The number of rotatable bonds is 3. The summed E-state index contributed by atoms with van der Waals surface area (Å²) >= 11 is 1.40. The molecule has 0 saturated heterocycles. The van der Waals surface area contributed by atoms with Gasteiger partial charge in [0, 0.05) is 6.42 Å². The fraction of sp³-hybridized carbons (Fsp3) is 0.235. The van der Waals surface area contributed by atoms with Gasteiger partial charge in [0.05, 0.1) is 23.0 Å². The molecule has 0 spiro atoms. The zero-order chi connectivity index (χ0) is 15.8. The molecule has 4 rings (SSSR count). The van der Waals surface area contributed by atoms with Crippen LogP contribution in [0.25, 0.3) is 10.2 Å². The molecule has 118 valence electrons. The molecule has 2 aromatic carbocycles. The summed E-state index contributed by atoms with van der Waals surface area (Å²) in [4.78, 5) is 4.28. The van der Waals surface area contributed by atoms with Crippen LogP contribution >= 0.6 is 11.3 Å². The van der Waals surface area contributed by atoms with Gasteiger partial charge < -0.3 is 14.6 Å². The molecule has 1 unspecified atom stereocenters. The highest BCUT2D eigenvalue weighted by Crippen LogP contribution is 2.39. The number of aliphatic hydroxyl groups excluding tert-OH is 1. The molecule has 1 aromatic heterocycles. The van der Waals surface area contributed by atoms with Crippen molar-refractivity contribution in [2.75, 3.05) is 6.61 Å². The maximum absolute atomic E-state index is 13.7. The van der Waals surface area contributed by atoms with Crippen LogP contribution in [-0.2, 0) is 6.61 Å². The van der Waals surface area contributed by atoms with E-state index in [1.807, 2.05) is 18.2 Å². The fourth-order valence-electron chi connectivity index (χ4n) is 2.69. The first-order chi connectivity index (χ1) is 11.2. The van der Waals surface area contributed by atoms with E-state index in [1.165, 1.54) is 17.4 Å². The van der Waals surface area contributed by atoms with E-state index >= 15 is 0 Å². The minimum Gasteiger partial charge on any atom is -0.493 e. The first kappa shape index (κ1) is 14.4. The van der Waals surface area contributed by atoms with Gasteiger partial charge in [-0.2, -0.15) is 0 Å². The number of hydrogen-bond donors (Lipinski definition) is 1. The molecule has 1 N–H and O–H groups in total. The molecular formula is C17H14FNO3S. The van der Waals surface area contributed by atoms with Gasteiger partial charge >= 0.3 is 0 Å². The average Bonchev–Trinajstić information content (AvgIpc) is 2.98. The normalized spacial score (nSPS) is 16.9. The topological polar surface area (TPSA) is 51.6 Å². The Kier molecular flexibility index (Phi) is 3.63. The summed E-state index contributed by atoms with van der Waals surface area (Å²) in [6.45, 7) is 0.719. The molecule has 1 aliphatic rings. The minimum absolute atomic E-state index is 0.224. The van der Waals surface area contributed by atoms with E-state index < -0.39 is 6.10 Å². The van der Waals surface area contributed by atoms with E-state index in [0.717, 1.165) is 4.70 Å². The zero-order valence-corrected chi connectivity index (χ0v) is 13.0. The maximum Gasteiger partial charge on any atom is 0.150 e. The van der Waals surface area contributed by atoms with E-state index in [1.54, 1.807) is 12.1 Å². The van der Waals surface area contributed by atoms with E-state index in [2.05, 4.69) is 4.98 Å². The van der Waals surface area contributed by atoms with Crippen molar-refractivity contribution in [3.8, 4) is 11.5 Å². The van der Waals surface area contributed by atoms with Crippen LogP contribution in [0, 0.1) is 5.82 Å². The fourth-order valence-corrected chi connectivity index (χ4v) is 3.59. The van der Waals surface area contributed by atoms with Gasteiger partial charge in [0.15, 0.2) is 0 Å². The molecule has 1 aliphatic heterocycles. The van der Waals surface area contributed by atoms with Crippen molar-refractivity contribution in [1.82, 2.24) is 4.98 Å². The van der Waals surface area contributed by atoms with Crippen LogP contribution in [0.3, 0.4) is 0 Å². The average molecular weight is 331 g/mol. The Morgan fingerprint density at radius 3 is 3.04 bits per heavy atom. The van der Waals surface area contributed by atoms with Crippen LogP contribution in [0.1, 0.15) is 23.1 Å². The van der Waals surface area contributed by atoms with Crippen molar-refractivity contribution in [1.29, 1.82) is 0 Å². The molecule has 2 heterocycles. The molecule has 4 nitrogen and oxygen atoms in total. The third-order valence-corrected chi connectivity index (χ3v) is 4.77. The summed E-state index contributed by atoms with van der Waals surface area (Å²) in [6, 6.07) is 10.3. The maximum atomic E-state index is 13.7. The molecule has 3 aromatic rings. The number of thiazole rings is 1. The lowest BCUT2D eigenvalue weighted by Crippen LogP contribution is -2.15. The Bertz CT molecular complexity index is 864. The standard InChI is InChI=1S/C17H14FNO3S/c18-10-3-1-6-14-17(10)19-15(23-14)9-22-13-5-2-4-12-16(13)11(20)7-8-21-12/h1-6,11,20H,7-9H2. The molecule has 0 aliphatic carbocycles. The van der Waals surface area contributed by atoms with Gasteiger partial charge in [-0.15, -0.1) is 11.3 Å². The van der Waals surface area contributed by atoms with E-state index in [0.29, 0.717) is 40.6 Å². The Morgan fingerprint density at radius 1 is 1.30 bits per heavy atom. The molecule has 6 heteroatoms. The summed E-state index contributed by atoms with van der Waals surface area (Å²) < 4.78 is 25.8. The van der Waals surface area contributed by atoms with Crippen molar-refractivity contribution < 1.29 is 19.0 Å². The second kappa shape index (κ2) is 5.79. The number of ether oxygens (including phenoxy) is 2. The van der Waals surface area contributed by atoms with Crippen LogP contribution < -0.4 is 9.47 Å². The van der Waals surface area contributed by atoms with Gasteiger partial charge in [0.25, 0.3) is 0 Å². The number of aliphatic hydroxyl groups is 1. The molecule has 23 heavy (non-hydrogen) atoms. The third-order valence-electron chi connectivity index (χ3n) is 3.77. The van der Waals surface area contributed by atoms with Crippen molar-refractivity contribution >= 4 is 21.6 Å². The molecule has 1 atom stereocenters. The van der Waals surface area contributed by atoms with Gasteiger partial charge in [-0.25, -0.2) is 9.37 Å². The predicted molar refractivity (Wildman–Crippen MR) is 85.4 cm³/mol. The number of benzene rings is 2. The first-order valence-electron chi connectivity index (χ1n) is 7.33. The second-order valence-electron chi connectivity index (χ2n) is 5.30. The second-order valence-corrected chi connectivity index (χ2v) is 6.42. The van der Waals surface area contributed by atoms with E-state index in [4.69, 9.17) is 9.47 Å². The number of fused-ring (bicyclic) bond motifs is 2. The number of aromatic nitrogens is 1. The molecule has 0 saturated carbocycles. The third kappa shape index (κ3) is 2.64. The van der Waals surface area contributed by atoms with Crippen molar-refractivity contribution in [3.63, 3.8) is 0 Å². The number of para-hydroxylation sites is 1. The SMILES string of the molecule is OC1CCOc2cccc(OCc3nc4c(F)cccc4s3)c21. The number of nitrogens with zero attached hydrogens (tertiary/aromatic N) is 1. The minimum atomic E-state index is -0.595. The summed E-state index contributed by atoms with van der Waals surface area (Å²) in [5, 5.41) is 10.9. The lowest BCUT2D eigenvalue weighted by Gasteiger charge is -2.24. The van der Waals surface area contributed by atoms with Crippen LogP contribution in [0.2, 0.25) is 0 Å². The number of halogens is 1. The van der Waals surface area contributed by atoms with Gasteiger partial charge in [-0.05, 0) is 24.3 Å². The largest absolute Gasteiger partial charge is 0.493 e. The molecule has 0 radical (unpaired) electrons. The highest BCUT2D eigenvalue weighted by molar-refractivity contribution is 7.18. The predicted octanol–water partition coefficient (Wildman–Crippen LogP) is 3.83. The van der Waals surface area contributed by atoms with Crippen molar-refractivity contribution in [2.24, 2.45) is 0 Å². The lowest BCUT2D eigenvalue weighted by molar-refractivity contribution is 0.110. The lowest BCUT2D eigenvalue weighted by atomic mass is 10.0. The van der Waals surface area contributed by atoms with Gasteiger partial charge in [-0.1, -0.05) is 12.1 Å². The first-order valence-corrected chi connectivity index (χ1v) is 8.14. The van der Waals surface area contributed by atoms with Gasteiger partial charge in [0.2, 0.25) is 0 Å². The van der Waals surface area contributed by atoms with Crippen LogP contribution in [0.4, 0.5) is 4.39 Å². The zero-order valence-electron chi connectivity index (χ0n) is 12.2. The van der Waals surface area contributed by atoms with Crippen LogP contribution in [-0.4, -0.2) is 16.7 Å². The van der Waals surface area contributed by atoms with Crippen LogP contribution in [0.5, 0.6) is 11.5 Å². The van der Waals surface area contributed by atoms with Crippen molar-refractivity contribution in [3.05, 3.63) is 52.8 Å². The summed E-state index contributed by atoms with van der Waals surface area (Å²) in [5.41, 5.74) is 1.04. The van der Waals surface area contributed by atoms with Gasteiger partial charge in [-0.3, -0.25) is 0 Å². The Balaban J connectivity index is 1.60. The van der Waals surface area contributed by atoms with Gasteiger partial charge in [0.1, 0.15) is 34.4 Å². The molecule has 0 amide bonds. The monoisotopic (exact) mass is 331 g/mol. The summed E-state index contributed by atoms with van der Waals surface area (Å²) in [7, 11) is 0. The molecule has 0 bridgehead atoms. The Hall–Kier alpha value is -2.18. The highest BCUT2D eigenvalue weighted by Gasteiger charge is 2.23. The van der Waals surface area contributed by atoms with Crippen LogP contribution in [0.15, 0.2) is 36.4 Å². The summed E-state index contributed by atoms with van der Waals surface area (Å²) in [6.07, 6.45) is -0.0533. The Labute approximate surface area is 136 Å². The Morgan fingerprint density at radius 2 is 2.17 bits per heavy atom. The highest BCUT2D eigenvalue weighted by atomic mass is 32.1. The quantitative estimate of drug-likeness (QED) is 0.792.